The van der Waals surface area contributed by atoms with E-state index in [0.29, 0.717) is 23.4 Å². The summed E-state index contributed by atoms with van der Waals surface area (Å²) in [4.78, 5) is 27.2. The highest BCUT2D eigenvalue weighted by atomic mass is 32.2. The molecule has 1 aliphatic heterocycles. The fraction of sp³-hybridized carbons (Fsp3) is 0.333. The minimum atomic E-state index is -3.37. The number of Topliss-reactive ketones (excluding diaryl/α,β-unsaturated/α-hetero) is 2. The quantitative estimate of drug-likeness (QED) is 0.699. The number of nitrogens with zero attached hydrogens (tertiary/aromatic N) is 1. The van der Waals surface area contributed by atoms with Gasteiger partial charge < -0.3 is 0 Å². The maximum atomic E-state index is 13.1. The van der Waals surface area contributed by atoms with Crippen LogP contribution in [0.1, 0.15) is 33.6 Å². The molecular weight excluding hydrogens is 395 g/mol. The first-order valence-electron chi connectivity index (χ1n) is 9.34. The van der Waals surface area contributed by atoms with Gasteiger partial charge in [0.1, 0.15) is 5.82 Å². The molecule has 6 nitrogen and oxygen atoms in total. The predicted molar refractivity (Wildman–Crippen MR) is 109 cm³/mol. The van der Waals surface area contributed by atoms with E-state index in [-0.39, 0.29) is 29.8 Å². The van der Waals surface area contributed by atoms with Gasteiger partial charge in [-0.1, -0.05) is 0 Å². The zero-order valence-electron chi connectivity index (χ0n) is 16.1. The van der Waals surface area contributed by atoms with Gasteiger partial charge in [-0.25, -0.2) is 12.8 Å². The number of anilines is 1. The van der Waals surface area contributed by atoms with Crippen molar-refractivity contribution >= 4 is 27.3 Å². The molecular formula is C21H23FN2O4S. The molecule has 0 aliphatic carbocycles. The number of likely N-dealkylation sites (tertiary alicyclic amines) is 1. The number of nitrogens with one attached hydrogen (secondary N) is 1. The number of carbonyl (C=O) groups is 2. The van der Waals surface area contributed by atoms with Gasteiger partial charge in [-0.2, -0.15) is 0 Å². The smallest absolute Gasteiger partial charge is 0.229 e. The van der Waals surface area contributed by atoms with Crippen LogP contribution in [0.3, 0.4) is 0 Å². The van der Waals surface area contributed by atoms with Gasteiger partial charge in [0.25, 0.3) is 0 Å². The zero-order valence-corrected chi connectivity index (χ0v) is 16.9. The second-order valence-electron chi connectivity index (χ2n) is 7.32. The van der Waals surface area contributed by atoms with E-state index < -0.39 is 10.0 Å². The summed E-state index contributed by atoms with van der Waals surface area (Å²) < 4.78 is 37.9. The van der Waals surface area contributed by atoms with Crippen molar-refractivity contribution < 1.29 is 22.4 Å². The van der Waals surface area contributed by atoms with Gasteiger partial charge in [0, 0.05) is 29.3 Å². The molecule has 1 saturated heterocycles. The summed E-state index contributed by atoms with van der Waals surface area (Å²) in [5, 5.41) is 0. The standard InChI is InChI=1S/C21H23FN2O4S/c1-29(27,28)23-19-10-6-15(7-11-19)20(25)14-24-12-2-3-17(13-24)21(26)16-4-8-18(22)9-5-16/h4-11,17,23H,2-3,12-14H2,1H3. The van der Waals surface area contributed by atoms with Crippen LogP contribution in [0.5, 0.6) is 0 Å². The number of halogens is 1. The van der Waals surface area contributed by atoms with E-state index in [0.717, 1.165) is 25.6 Å². The molecule has 3 rings (SSSR count). The Morgan fingerprint density at radius 2 is 1.69 bits per heavy atom. The Balaban J connectivity index is 1.60. The molecule has 1 fully saturated rings. The summed E-state index contributed by atoms with van der Waals surface area (Å²) in [6.07, 6.45) is 2.61. The first kappa shape index (κ1) is 21.1. The van der Waals surface area contributed by atoms with Crippen LogP contribution in [0.25, 0.3) is 0 Å². The molecule has 1 aliphatic rings. The van der Waals surface area contributed by atoms with Crippen LogP contribution in [0.15, 0.2) is 48.5 Å². The van der Waals surface area contributed by atoms with Crippen LogP contribution in [0, 0.1) is 11.7 Å². The number of hydrogen-bond donors (Lipinski definition) is 1. The Hall–Kier alpha value is -2.58. The van der Waals surface area contributed by atoms with E-state index in [4.69, 9.17) is 0 Å². The number of hydrogen-bond acceptors (Lipinski definition) is 5. The molecule has 2 aromatic rings. The van der Waals surface area contributed by atoms with Crippen molar-refractivity contribution in [1.82, 2.24) is 4.90 Å². The van der Waals surface area contributed by atoms with E-state index in [1.807, 2.05) is 4.90 Å². The molecule has 0 saturated carbocycles. The van der Waals surface area contributed by atoms with Crippen LogP contribution in [0.2, 0.25) is 0 Å². The maximum absolute atomic E-state index is 13.1. The van der Waals surface area contributed by atoms with E-state index in [9.17, 15) is 22.4 Å². The molecule has 8 heteroatoms. The Kier molecular flexibility index (Phi) is 6.44. The van der Waals surface area contributed by atoms with Crippen molar-refractivity contribution in [1.29, 1.82) is 0 Å². The van der Waals surface area contributed by atoms with E-state index in [1.165, 1.54) is 24.3 Å². The second-order valence-corrected chi connectivity index (χ2v) is 9.07. The van der Waals surface area contributed by atoms with Gasteiger partial charge in [0.2, 0.25) is 10.0 Å². The molecule has 0 bridgehead atoms. The second kappa shape index (κ2) is 8.84. The monoisotopic (exact) mass is 418 g/mol. The number of carbonyl (C=O) groups excluding carboxylic acids is 2. The van der Waals surface area contributed by atoms with Gasteiger partial charge in [-0.3, -0.25) is 19.2 Å². The molecule has 0 amide bonds. The number of rotatable bonds is 7. The van der Waals surface area contributed by atoms with Crippen LogP contribution in [-0.4, -0.2) is 50.8 Å². The van der Waals surface area contributed by atoms with Crippen molar-refractivity contribution in [3.63, 3.8) is 0 Å². The summed E-state index contributed by atoms with van der Waals surface area (Å²) in [5.74, 6) is -0.720. The van der Waals surface area contributed by atoms with Gasteiger partial charge >= 0.3 is 0 Å². The predicted octanol–water partition coefficient (Wildman–Crippen LogP) is 2.97. The van der Waals surface area contributed by atoms with Crippen molar-refractivity contribution in [2.24, 2.45) is 5.92 Å². The first-order chi connectivity index (χ1) is 13.7. The Morgan fingerprint density at radius 3 is 2.31 bits per heavy atom. The third-order valence-corrected chi connectivity index (χ3v) is 5.49. The molecule has 29 heavy (non-hydrogen) atoms. The summed E-state index contributed by atoms with van der Waals surface area (Å²) in [6, 6.07) is 11.8. The lowest BCUT2D eigenvalue weighted by Crippen LogP contribution is -2.41. The number of ketones is 2. The normalized spacial score (nSPS) is 17.7. The minimum Gasteiger partial charge on any atom is -0.295 e. The molecule has 154 valence electrons. The fourth-order valence-corrected chi connectivity index (χ4v) is 4.06. The molecule has 1 heterocycles. The van der Waals surface area contributed by atoms with E-state index in [2.05, 4.69) is 4.72 Å². The van der Waals surface area contributed by atoms with Gasteiger partial charge in [0.05, 0.1) is 12.8 Å². The summed E-state index contributed by atoms with van der Waals surface area (Å²) in [6.45, 7) is 1.40. The number of benzene rings is 2. The maximum Gasteiger partial charge on any atom is 0.229 e. The summed E-state index contributed by atoms with van der Waals surface area (Å²) >= 11 is 0. The highest BCUT2D eigenvalue weighted by Gasteiger charge is 2.27. The third kappa shape index (κ3) is 5.95. The number of piperidine rings is 1. The molecule has 1 atom stereocenters. The Bertz CT molecular complexity index is 988. The third-order valence-electron chi connectivity index (χ3n) is 4.88. The average Bonchev–Trinajstić information content (AvgIpc) is 2.67. The first-order valence-corrected chi connectivity index (χ1v) is 11.2. The number of sulfonamides is 1. The van der Waals surface area contributed by atoms with Crippen LogP contribution >= 0.6 is 0 Å². The Morgan fingerprint density at radius 1 is 1.07 bits per heavy atom. The molecule has 2 aromatic carbocycles. The lowest BCUT2D eigenvalue weighted by atomic mass is 9.90. The summed E-state index contributed by atoms with van der Waals surface area (Å²) in [5.41, 5.74) is 1.36. The summed E-state index contributed by atoms with van der Waals surface area (Å²) in [7, 11) is -3.37. The zero-order chi connectivity index (χ0) is 21.0. The highest BCUT2D eigenvalue weighted by Crippen LogP contribution is 2.22. The largest absolute Gasteiger partial charge is 0.295 e. The molecule has 1 unspecified atom stereocenters. The topological polar surface area (TPSA) is 83.6 Å². The van der Waals surface area contributed by atoms with E-state index >= 15 is 0 Å². The SMILES string of the molecule is CS(=O)(=O)Nc1ccc(C(=O)CN2CCCC(C(=O)c3ccc(F)cc3)C2)cc1. The van der Waals surface area contributed by atoms with Gasteiger partial charge in [-0.15, -0.1) is 0 Å². The van der Waals surface area contributed by atoms with Gasteiger partial charge in [-0.05, 0) is 67.9 Å². The van der Waals surface area contributed by atoms with E-state index in [1.54, 1.807) is 24.3 Å². The van der Waals surface area contributed by atoms with Gasteiger partial charge in [0.15, 0.2) is 11.6 Å². The molecule has 0 aromatic heterocycles. The highest BCUT2D eigenvalue weighted by molar-refractivity contribution is 7.92. The Labute approximate surface area is 169 Å². The average molecular weight is 418 g/mol. The molecule has 0 radical (unpaired) electrons. The lowest BCUT2D eigenvalue weighted by molar-refractivity contribution is 0.0767. The minimum absolute atomic E-state index is 0.0293. The van der Waals surface area contributed by atoms with Crippen molar-refractivity contribution in [2.45, 2.75) is 12.8 Å². The fourth-order valence-electron chi connectivity index (χ4n) is 3.50. The lowest BCUT2D eigenvalue weighted by Gasteiger charge is -2.31. The van der Waals surface area contributed by atoms with Crippen LogP contribution in [0.4, 0.5) is 10.1 Å². The molecule has 0 spiro atoms. The molecule has 1 N–H and O–H groups in total. The van der Waals surface area contributed by atoms with Crippen LogP contribution < -0.4 is 4.72 Å². The van der Waals surface area contributed by atoms with Crippen molar-refractivity contribution in [3.05, 3.63) is 65.5 Å². The van der Waals surface area contributed by atoms with Crippen LogP contribution in [-0.2, 0) is 10.0 Å². The van der Waals surface area contributed by atoms with Crippen molar-refractivity contribution in [2.75, 3.05) is 30.6 Å². The van der Waals surface area contributed by atoms with Crippen molar-refractivity contribution in [3.8, 4) is 0 Å².